The van der Waals surface area contributed by atoms with Gasteiger partial charge in [-0.3, -0.25) is 14.7 Å². The number of nitrogens with zero attached hydrogens (tertiary/aromatic N) is 2. The molecule has 2 N–H and O–H groups in total. The largest absolute Gasteiger partial charge is 0.322 e. The van der Waals surface area contributed by atoms with Crippen LogP contribution >= 0.6 is 11.8 Å². The molecule has 6 nitrogen and oxygen atoms in total. The number of thioether (sulfide) groups is 1. The number of anilines is 1. The Morgan fingerprint density at radius 2 is 2.20 bits per heavy atom. The molecule has 7 heteroatoms. The van der Waals surface area contributed by atoms with Gasteiger partial charge in [0, 0.05) is 17.9 Å². The molecule has 1 aliphatic heterocycles. The van der Waals surface area contributed by atoms with Gasteiger partial charge in [-0.05, 0) is 12.8 Å². The molecule has 0 unspecified atom stereocenters. The predicted molar refractivity (Wildman–Crippen MR) is 77.1 cm³/mol. The first kappa shape index (κ1) is 13.5. The van der Waals surface area contributed by atoms with E-state index in [9.17, 15) is 9.59 Å². The molecule has 2 amide bonds. The molecule has 3 rings (SSSR count). The third kappa shape index (κ3) is 2.67. The number of amides is 2. The molecule has 0 aromatic carbocycles. The number of carbonyl (C=O) groups excluding carboxylic acids is 2. The van der Waals surface area contributed by atoms with Crippen LogP contribution in [0.3, 0.4) is 0 Å². The van der Waals surface area contributed by atoms with Crippen molar-refractivity contribution in [3.63, 3.8) is 0 Å². The number of aromatic amines is 1. The van der Waals surface area contributed by atoms with Crippen molar-refractivity contribution in [3.05, 3.63) is 12.4 Å². The molecule has 0 spiro atoms. The molecular formula is C13H18N4O2S. The summed E-state index contributed by atoms with van der Waals surface area (Å²) in [5.41, 5.74) is 0.639. The molecule has 108 valence electrons. The summed E-state index contributed by atoms with van der Waals surface area (Å²) >= 11 is 1.64. The van der Waals surface area contributed by atoms with Gasteiger partial charge < -0.3 is 10.2 Å². The second-order valence-electron chi connectivity index (χ2n) is 5.28. The average molecular weight is 294 g/mol. The van der Waals surface area contributed by atoms with Gasteiger partial charge in [0.2, 0.25) is 11.8 Å². The molecule has 1 atom stereocenters. The van der Waals surface area contributed by atoms with Crippen LogP contribution < -0.4 is 5.32 Å². The second-order valence-corrected chi connectivity index (χ2v) is 6.28. The fraction of sp³-hybridized carbons (Fsp3) is 0.615. The lowest BCUT2D eigenvalue weighted by Crippen LogP contribution is -2.46. The highest BCUT2D eigenvalue weighted by molar-refractivity contribution is 7.99. The summed E-state index contributed by atoms with van der Waals surface area (Å²) in [6, 6.07) is -0.358. The van der Waals surface area contributed by atoms with E-state index in [0.717, 1.165) is 25.7 Å². The molecule has 2 heterocycles. The number of hydrogen-bond donors (Lipinski definition) is 2. The van der Waals surface area contributed by atoms with Gasteiger partial charge in [-0.25, -0.2) is 0 Å². The summed E-state index contributed by atoms with van der Waals surface area (Å²) in [7, 11) is 0. The molecule has 1 saturated heterocycles. The first-order valence-electron chi connectivity index (χ1n) is 6.93. The number of carbonyl (C=O) groups is 2. The fourth-order valence-corrected chi connectivity index (χ4v) is 3.99. The van der Waals surface area contributed by atoms with Crippen molar-refractivity contribution >= 4 is 29.3 Å². The Hall–Kier alpha value is -1.50. The summed E-state index contributed by atoms with van der Waals surface area (Å²) in [6.07, 6.45) is 7.38. The van der Waals surface area contributed by atoms with Crippen molar-refractivity contribution in [3.8, 4) is 0 Å². The molecule has 0 radical (unpaired) electrons. The molecular weight excluding hydrogens is 276 g/mol. The Kier molecular flexibility index (Phi) is 3.95. The van der Waals surface area contributed by atoms with Crippen LogP contribution in [0, 0.1) is 5.92 Å². The van der Waals surface area contributed by atoms with E-state index in [0.29, 0.717) is 17.3 Å². The first-order valence-corrected chi connectivity index (χ1v) is 8.09. The molecule has 20 heavy (non-hydrogen) atoms. The highest BCUT2D eigenvalue weighted by Crippen LogP contribution is 2.31. The van der Waals surface area contributed by atoms with Crippen molar-refractivity contribution in [2.24, 2.45) is 5.92 Å². The van der Waals surface area contributed by atoms with Gasteiger partial charge >= 0.3 is 0 Å². The van der Waals surface area contributed by atoms with Gasteiger partial charge in [0.05, 0.1) is 17.8 Å². The van der Waals surface area contributed by atoms with Crippen molar-refractivity contribution in [2.45, 2.75) is 31.7 Å². The van der Waals surface area contributed by atoms with Crippen molar-refractivity contribution in [2.75, 3.05) is 16.9 Å². The molecule has 1 saturated carbocycles. The average Bonchev–Trinajstić information content (AvgIpc) is 3.19. The molecule has 1 aliphatic carbocycles. The van der Waals surface area contributed by atoms with Crippen LogP contribution in [0.1, 0.15) is 25.7 Å². The Labute approximate surface area is 121 Å². The van der Waals surface area contributed by atoms with Gasteiger partial charge in [0.1, 0.15) is 6.04 Å². The summed E-state index contributed by atoms with van der Waals surface area (Å²) in [4.78, 5) is 26.5. The minimum atomic E-state index is -0.358. The van der Waals surface area contributed by atoms with Crippen LogP contribution in [0.2, 0.25) is 0 Å². The lowest BCUT2D eigenvalue weighted by atomic mass is 10.1. The Balaban J connectivity index is 1.65. The van der Waals surface area contributed by atoms with E-state index >= 15 is 0 Å². The maximum absolute atomic E-state index is 12.5. The van der Waals surface area contributed by atoms with Gasteiger partial charge in [-0.1, -0.05) is 12.8 Å². The molecule has 0 bridgehead atoms. The Morgan fingerprint density at radius 1 is 1.40 bits per heavy atom. The standard InChI is InChI=1S/C13H18N4O2S/c18-12(16-10-5-14-15-6-10)11-7-20-8-17(11)13(19)9-3-1-2-4-9/h5-6,9,11H,1-4,7-8H2,(H,14,15)(H,16,18)/t11-/m1/s1. The summed E-state index contributed by atoms with van der Waals surface area (Å²) in [5.74, 6) is 1.45. The number of hydrogen-bond acceptors (Lipinski definition) is 4. The lowest BCUT2D eigenvalue weighted by Gasteiger charge is -2.25. The summed E-state index contributed by atoms with van der Waals surface area (Å²) < 4.78 is 0. The fourth-order valence-electron chi connectivity index (χ4n) is 2.83. The highest BCUT2D eigenvalue weighted by Gasteiger charge is 2.38. The minimum absolute atomic E-state index is 0.122. The second kappa shape index (κ2) is 5.87. The predicted octanol–water partition coefficient (Wildman–Crippen LogP) is 1.44. The molecule has 1 aromatic rings. The maximum Gasteiger partial charge on any atom is 0.248 e. The summed E-state index contributed by atoms with van der Waals surface area (Å²) in [5, 5.41) is 9.25. The van der Waals surface area contributed by atoms with Crippen molar-refractivity contribution in [1.82, 2.24) is 15.1 Å². The van der Waals surface area contributed by atoms with Crippen molar-refractivity contribution < 1.29 is 9.59 Å². The number of nitrogens with one attached hydrogen (secondary N) is 2. The van der Waals surface area contributed by atoms with Gasteiger partial charge in [0.15, 0.2) is 0 Å². The van der Waals surface area contributed by atoms with Crippen molar-refractivity contribution in [1.29, 1.82) is 0 Å². The zero-order valence-corrected chi connectivity index (χ0v) is 12.0. The van der Waals surface area contributed by atoms with E-state index in [-0.39, 0.29) is 23.8 Å². The zero-order valence-electron chi connectivity index (χ0n) is 11.2. The van der Waals surface area contributed by atoms with E-state index in [1.807, 2.05) is 0 Å². The number of H-pyrrole nitrogens is 1. The topological polar surface area (TPSA) is 78.1 Å². The highest BCUT2D eigenvalue weighted by atomic mass is 32.2. The first-order chi connectivity index (χ1) is 9.75. The summed E-state index contributed by atoms with van der Waals surface area (Å²) in [6.45, 7) is 0. The van der Waals surface area contributed by atoms with Crippen LogP contribution in [-0.4, -0.2) is 44.6 Å². The van der Waals surface area contributed by atoms with Crippen LogP contribution in [0.15, 0.2) is 12.4 Å². The third-order valence-corrected chi connectivity index (χ3v) is 4.95. The number of rotatable bonds is 3. The molecule has 2 fully saturated rings. The quantitative estimate of drug-likeness (QED) is 0.884. The van der Waals surface area contributed by atoms with Gasteiger partial charge in [0.25, 0.3) is 0 Å². The monoisotopic (exact) mass is 294 g/mol. The van der Waals surface area contributed by atoms with E-state index in [1.165, 1.54) is 0 Å². The smallest absolute Gasteiger partial charge is 0.248 e. The molecule has 2 aliphatic rings. The SMILES string of the molecule is O=C(Nc1cn[nH]c1)[C@H]1CSCN1C(=O)C1CCCC1. The van der Waals surface area contributed by atoms with Crippen LogP contribution in [0.4, 0.5) is 5.69 Å². The van der Waals surface area contributed by atoms with Crippen LogP contribution in [0.5, 0.6) is 0 Å². The Bertz CT molecular complexity index is 485. The normalized spacial score (nSPS) is 23.2. The maximum atomic E-state index is 12.5. The van der Waals surface area contributed by atoms with Gasteiger partial charge in [-0.2, -0.15) is 5.10 Å². The van der Waals surface area contributed by atoms with Gasteiger partial charge in [-0.15, -0.1) is 11.8 Å². The molecule has 1 aromatic heterocycles. The minimum Gasteiger partial charge on any atom is -0.322 e. The Morgan fingerprint density at radius 3 is 2.90 bits per heavy atom. The van der Waals surface area contributed by atoms with E-state index < -0.39 is 0 Å². The third-order valence-electron chi connectivity index (χ3n) is 3.94. The van der Waals surface area contributed by atoms with Crippen LogP contribution in [0.25, 0.3) is 0 Å². The zero-order chi connectivity index (χ0) is 13.9. The van der Waals surface area contributed by atoms with E-state index in [1.54, 1.807) is 29.1 Å². The van der Waals surface area contributed by atoms with Crippen LogP contribution in [-0.2, 0) is 9.59 Å². The van der Waals surface area contributed by atoms with E-state index in [4.69, 9.17) is 0 Å². The number of aromatic nitrogens is 2. The van der Waals surface area contributed by atoms with E-state index in [2.05, 4.69) is 15.5 Å². The lowest BCUT2D eigenvalue weighted by molar-refractivity contribution is -0.139.